The molecule has 1 aliphatic carbocycles. The first-order valence-electron chi connectivity index (χ1n) is 5.46. The summed E-state index contributed by atoms with van der Waals surface area (Å²) < 4.78 is 0. The molecule has 0 aromatic rings. The van der Waals surface area contributed by atoms with E-state index in [-0.39, 0.29) is 0 Å². The molecule has 2 rings (SSSR count). The Hall–Kier alpha value is -0.790. The predicted molar refractivity (Wildman–Crippen MR) is 58.3 cm³/mol. The van der Waals surface area contributed by atoms with Crippen LogP contribution in [0.15, 0.2) is 17.3 Å². The van der Waals surface area contributed by atoms with E-state index in [9.17, 15) is 0 Å². The Kier molecular flexibility index (Phi) is 2.38. The Morgan fingerprint density at radius 2 is 2.36 bits per heavy atom. The van der Waals surface area contributed by atoms with Gasteiger partial charge in [0.05, 0.1) is 5.71 Å². The van der Waals surface area contributed by atoms with Crippen LogP contribution in [0.1, 0.15) is 39.5 Å². The minimum Gasteiger partial charge on any atom is -0.395 e. The van der Waals surface area contributed by atoms with Crippen molar-refractivity contribution < 1.29 is 4.84 Å². The summed E-state index contributed by atoms with van der Waals surface area (Å²) in [6.45, 7) is 9.13. The van der Waals surface area contributed by atoms with Crippen LogP contribution < -0.4 is 0 Å². The SMILES string of the molecule is C=C(C)CC1CON=C1C1(C)CCC1. The van der Waals surface area contributed by atoms with Gasteiger partial charge in [0.15, 0.2) is 0 Å². The maximum Gasteiger partial charge on any atom is 0.125 e. The topological polar surface area (TPSA) is 21.6 Å². The highest BCUT2D eigenvalue weighted by Crippen LogP contribution is 2.45. The van der Waals surface area contributed by atoms with Gasteiger partial charge < -0.3 is 4.84 Å². The zero-order valence-electron chi connectivity index (χ0n) is 9.18. The average molecular weight is 193 g/mol. The quantitative estimate of drug-likeness (QED) is 0.631. The van der Waals surface area contributed by atoms with Gasteiger partial charge in [-0.1, -0.05) is 24.1 Å². The molecule has 0 amide bonds. The van der Waals surface area contributed by atoms with Crippen LogP contribution in [-0.4, -0.2) is 12.3 Å². The summed E-state index contributed by atoms with van der Waals surface area (Å²) >= 11 is 0. The molecule has 2 heteroatoms. The molecule has 1 saturated carbocycles. The van der Waals surface area contributed by atoms with Gasteiger partial charge in [0, 0.05) is 11.3 Å². The van der Waals surface area contributed by atoms with Crippen LogP contribution in [0.3, 0.4) is 0 Å². The van der Waals surface area contributed by atoms with Gasteiger partial charge in [-0.25, -0.2) is 0 Å². The third-order valence-electron chi connectivity index (χ3n) is 3.50. The summed E-state index contributed by atoms with van der Waals surface area (Å²) in [6, 6.07) is 0. The van der Waals surface area contributed by atoms with Crippen molar-refractivity contribution in [1.82, 2.24) is 0 Å². The molecule has 1 aliphatic heterocycles. The second-order valence-corrected chi connectivity index (χ2v) is 5.04. The van der Waals surface area contributed by atoms with Crippen LogP contribution in [0.4, 0.5) is 0 Å². The van der Waals surface area contributed by atoms with Crippen molar-refractivity contribution in [2.24, 2.45) is 16.5 Å². The fourth-order valence-electron chi connectivity index (χ4n) is 2.49. The molecule has 0 spiro atoms. The lowest BCUT2D eigenvalue weighted by Gasteiger charge is -2.39. The highest BCUT2D eigenvalue weighted by atomic mass is 16.6. The maximum atomic E-state index is 5.24. The van der Waals surface area contributed by atoms with Crippen molar-refractivity contribution in [2.45, 2.75) is 39.5 Å². The molecule has 2 nitrogen and oxygen atoms in total. The van der Waals surface area contributed by atoms with Gasteiger partial charge in [0.2, 0.25) is 0 Å². The van der Waals surface area contributed by atoms with Crippen LogP contribution in [-0.2, 0) is 4.84 Å². The molecule has 0 radical (unpaired) electrons. The Labute approximate surface area is 86.0 Å². The lowest BCUT2D eigenvalue weighted by atomic mass is 9.64. The number of oxime groups is 1. The summed E-state index contributed by atoms with van der Waals surface area (Å²) in [5, 5.41) is 4.24. The normalized spacial score (nSPS) is 29.0. The van der Waals surface area contributed by atoms with E-state index < -0.39 is 0 Å². The minimum absolute atomic E-state index is 0.344. The molecule has 1 atom stereocenters. The van der Waals surface area contributed by atoms with E-state index >= 15 is 0 Å². The zero-order valence-corrected chi connectivity index (χ0v) is 9.18. The monoisotopic (exact) mass is 193 g/mol. The molecule has 0 N–H and O–H groups in total. The molecule has 1 unspecified atom stereocenters. The van der Waals surface area contributed by atoms with E-state index in [4.69, 9.17) is 4.84 Å². The summed E-state index contributed by atoms with van der Waals surface area (Å²) in [5.74, 6) is 0.498. The highest BCUT2D eigenvalue weighted by molar-refractivity contribution is 5.93. The van der Waals surface area contributed by atoms with Crippen LogP contribution in [0.25, 0.3) is 0 Å². The lowest BCUT2D eigenvalue weighted by molar-refractivity contribution is 0.154. The molecule has 1 heterocycles. The Balaban J connectivity index is 2.06. The standard InChI is InChI=1S/C12H19NO/c1-9(2)7-10-8-14-13-11(10)12(3)5-4-6-12/h10H,1,4-8H2,2-3H3. The molecule has 14 heavy (non-hydrogen) atoms. The van der Waals surface area contributed by atoms with Crippen molar-refractivity contribution in [3.05, 3.63) is 12.2 Å². The number of rotatable bonds is 3. The molecule has 78 valence electrons. The van der Waals surface area contributed by atoms with E-state index in [1.165, 1.54) is 30.5 Å². The second kappa shape index (κ2) is 3.41. The molecule has 1 fully saturated rings. The molecule has 0 aromatic carbocycles. The predicted octanol–water partition coefficient (Wildman–Crippen LogP) is 3.15. The lowest BCUT2D eigenvalue weighted by Crippen LogP contribution is -2.38. The third kappa shape index (κ3) is 1.58. The first kappa shape index (κ1) is 9.75. The summed E-state index contributed by atoms with van der Waals surface area (Å²) in [7, 11) is 0. The van der Waals surface area contributed by atoms with Crippen molar-refractivity contribution in [3.63, 3.8) is 0 Å². The van der Waals surface area contributed by atoms with Gasteiger partial charge in [-0.05, 0) is 26.2 Å². The van der Waals surface area contributed by atoms with Crippen LogP contribution in [0.5, 0.6) is 0 Å². The minimum atomic E-state index is 0.344. The van der Waals surface area contributed by atoms with Gasteiger partial charge >= 0.3 is 0 Å². The smallest absolute Gasteiger partial charge is 0.125 e. The zero-order chi connectivity index (χ0) is 10.2. The van der Waals surface area contributed by atoms with Crippen LogP contribution >= 0.6 is 0 Å². The van der Waals surface area contributed by atoms with E-state index in [0.717, 1.165) is 13.0 Å². The first-order valence-corrected chi connectivity index (χ1v) is 5.46. The second-order valence-electron chi connectivity index (χ2n) is 5.04. The van der Waals surface area contributed by atoms with Gasteiger partial charge in [-0.15, -0.1) is 6.58 Å². The summed E-state index contributed by atoms with van der Waals surface area (Å²) in [6.07, 6.45) is 4.94. The molecular formula is C12H19NO. The van der Waals surface area contributed by atoms with Crippen molar-refractivity contribution >= 4 is 5.71 Å². The third-order valence-corrected chi connectivity index (χ3v) is 3.50. The first-order chi connectivity index (χ1) is 6.62. The van der Waals surface area contributed by atoms with Crippen molar-refractivity contribution in [3.8, 4) is 0 Å². The van der Waals surface area contributed by atoms with Crippen LogP contribution in [0, 0.1) is 11.3 Å². The number of nitrogens with zero attached hydrogens (tertiary/aromatic N) is 1. The van der Waals surface area contributed by atoms with Crippen molar-refractivity contribution in [2.75, 3.05) is 6.61 Å². The van der Waals surface area contributed by atoms with Gasteiger partial charge in [0.25, 0.3) is 0 Å². The van der Waals surface area contributed by atoms with Gasteiger partial charge in [-0.3, -0.25) is 0 Å². The summed E-state index contributed by atoms with van der Waals surface area (Å²) in [4.78, 5) is 5.24. The van der Waals surface area contributed by atoms with Gasteiger partial charge in [0.1, 0.15) is 6.61 Å². The molecular weight excluding hydrogens is 174 g/mol. The van der Waals surface area contributed by atoms with Crippen molar-refractivity contribution in [1.29, 1.82) is 0 Å². The largest absolute Gasteiger partial charge is 0.395 e. The molecule has 0 aromatic heterocycles. The van der Waals surface area contributed by atoms with Crippen LogP contribution in [0.2, 0.25) is 0 Å². The number of allylic oxidation sites excluding steroid dienone is 1. The Morgan fingerprint density at radius 3 is 2.86 bits per heavy atom. The number of hydrogen-bond acceptors (Lipinski definition) is 2. The van der Waals surface area contributed by atoms with E-state index in [1.807, 2.05) is 0 Å². The maximum absolute atomic E-state index is 5.24. The van der Waals surface area contributed by atoms with E-state index in [0.29, 0.717) is 11.3 Å². The number of hydrogen-bond donors (Lipinski definition) is 0. The van der Waals surface area contributed by atoms with E-state index in [2.05, 4.69) is 25.6 Å². The fourth-order valence-corrected chi connectivity index (χ4v) is 2.49. The highest BCUT2D eigenvalue weighted by Gasteiger charge is 2.43. The molecule has 0 bridgehead atoms. The average Bonchev–Trinajstić information content (AvgIpc) is 2.47. The fraction of sp³-hybridized carbons (Fsp3) is 0.750. The molecule has 2 aliphatic rings. The Morgan fingerprint density at radius 1 is 1.64 bits per heavy atom. The van der Waals surface area contributed by atoms with E-state index in [1.54, 1.807) is 0 Å². The molecule has 0 saturated heterocycles. The summed E-state index contributed by atoms with van der Waals surface area (Å²) in [5.41, 5.74) is 2.87. The Bertz CT molecular complexity index is 276. The van der Waals surface area contributed by atoms with Gasteiger partial charge in [-0.2, -0.15) is 0 Å².